The number of halogens is 1. The summed E-state index contributed by atoms with van der Waals surface area (Å²) in [6.45, 7) is 4.70. The molecule has 1 aromatic carbocycles. The van der Waals surface area contributed by atoms with Crippen molar-refractivity contribution < 1.29 is 14.3 Å². The fourth-order valence-electron chi connectivity index (χ4n) is 2.31. The standard InChI is InChI=1S/C16H22BrN3O3/c17-14-3-1-2-13(10-14)11-15(21)19-12-16(22)18-4-5-20-6-8-23-9-7-20/h1-3,10H,4-9,11-12H2,(H,18,22)(H,19,21). The first-order valence-corrected chi connectivity index (χ1v) is 8.51. The van der Waals surface area contributed by atoms with Crippen LogP contribution in [0.15, 0.2) is 28.7 Å². The highest BCUT2D eigenvalue weighted by Crippen LogP contribution is 2.11. The van der Waals surface area contributed by atoms with Crippen LogP contribution in [0.2, 0.25) is 0 Å². The van der Waals surface area contributed by atoms with Crippen molar-refractivity contribution in [3.63, 3.8) is 0 Å². The molecule has 1 aliphatic rings. The predicted molar refractivity (Wildman–Crippen MR) is 91.1 cm³/mol. The molecule has 2 rings (SSSR count). The van der Waals surface area contributed by atoms with Gasteiger partial charge in [0.25, 0.3) is 0 Å². The largest absolute Gasteiger partial charge is 0.379 e. The van der Waals surface area contributed by atoms with Gasteiger partial charge in [-0.3, -0.25) is 14.5 Å². The number of benzene rings is 1. The molecule has 0 bridgehead atoms. The van der Waals surface area contributed by atoms with E-state index in [1.165, 1.54) is 0 Å². The van der Waals surface area contributed by atoms with Gasteiger partial charge in [0.05, 0.1) is 26.2 Å². The van der Waals surface area contributed by atoms with Crippen LogP contribution in [0.4, 0.5) is 0 Å². The van der Waals surface area contributed by atoms with Crippen LogP contribution in [-0.4, -0.2) is 62.7 Å². The number of rotatable bonds is 7. The van der Waals surface area contributed by atoms with Crippen LogP contribution in [-0.2, 0) is 20.7 Å². The van der Waals surface area contributed by atoms with Crippen LogP contribution in [0.5, 0.6) is 0 Å². The summed E-state index contributed by atoms with van der Waals surface area (Å²) >= 11 is 3.37. The van der Waals surface area contributed by atoms with Gasteiger partial charge >= 0.3 is 0 Å². The second kappa shape index (κ2) is 9.64. The highest BCUT2D eigenvalue weighted by Gasteiger charge is 2.10. The van der Waals surface area contributed by atoms with Crippen LogP contribution in [0.25, 0.3) is 0 Å². The fraction of sp³-hybridized carbons (Fsp3) is 0.500. The van der Waals surface area contributed by atoms with E-state index in [1.54, 1.807) is 0 Å². The topological polar surface area (TPSA) is 70.7 Å². The number of morpholine rings is 1. The summed E-state index contributed by atoms with van der Waals surface area (Å²) in [5, 5.41) is 5.45. The van der Waals surface area contributed by atoms with E-state index in [0.717, 1.165) is 42.9 Å². The molecule has 1 aliphatic heterocycles. The minimum Gasteiger partial charge on any atom is -0.379 e. The van der Waals surface area contributed by atoms with E-state index >= 15 is 0 Å². The third-order valence-electron chi connectivity index (χ3n) is 3.55. The number of hydrogen-bond donors (Lipinski definition) is 2. The molecule has 23 heavy (non-hydrogen) atoms. The highest BCUT2D eigenvalue weighted by atomic mass is 79.9. The van der Waals surface area contributed by atoms with Gasteiger partial charge in [0, 0.05) is 30.7 Å². The van der Waals surface area contributed by atoms with Crippen molar-refractivity contribution in [2.24, 2.45) is 0 Å². The average Bonchev–Trinajstić information content (AvgIpc) is 2.54. The molecule has 0 radical (unpaired) electrons. The lowest BCUT2D eigenvalue weighted by Gasteiger charge is -2.26. The molecule has 126 valence electrons. The molecule has 2 amide bonds. The smallest absolute Gasteiger partial charge is 0.239 e. The number of nitrogens with one attached hydrogen (secondary N) is 2. The molecule has 0 unspecified atom stereocenters. The third-order valence-corrected chi connectivity index (χ3v) is 4.05. The van der Waals surface area contributed by atoms with E-state index in [2.05, 4.69) is 31.5 Å². The lowest BCUT2D eigenvalue weighted by Crippen LogP contribution is -2.43. The molecule has 0 aromatic heterocycles. The molecule has 2 N–H and O–H groups in total. The maximum Gasteiger partial charge on any atom is 0.239 e. The Morgan fingerprint density at radius 3 is 2.70 bits per heavy atom. The van der Waals surface area contributed by atoms with E-state index in [4.69, 9.17) is 4.74 Å². The first-order chi connectivity index (χ1) is 11.1. The van der Waals surface area contributed by atoms with Gasteiger partial charge in [0.2, 0.25) is 11.8 Å². The number of carbonyl (C=O) groups excluding carboxylic acids is 2. The third kappa shape index (κ3) is 7.11. The van der Waals surface area contributed by atoms with Gasteiger partial charge in [-0.2, -0.15) is 0 Å². The van der Waals surface area contributed by atoms with E-state index in [0.29, 0.717) is 6.54 Å². The van der Waals surface area contributed by atoms with Crippen molar-refractivity contribution >= 4 is 27.7 Å². The quantitative estimate of drug-likeness (QED) is 0.721. The second-order valence-electron chi connectivity index (χ2n) is 5.39. The predicted octanol–water partition coefficient (Wildman–Crippen LogP) is 0.556. The Morgan fingerprint density at radius 2 is 1.96 bits per heavy atom. The summed E-state index contributed by atoms with van der Waals surface area (Å²) in [7, 11) is 0. The molecule has 0 spiro atoms. The van der Waals surface area contributed by atoms with Gasteiger partial charge in [-0.15, -0.1) is 0 Å². The molecule has 1 saturated heterocycles. The minimum atomic E-state index is -0.166. The van der Waals surface area contributed by atoms with Crippen LogP contribution >= 0.6 is 15.9 Å². The van der Waals surface area contributed by atoms with Gasteiger partial charge in [-0.25, -0.2) is 0 Å². The zero-order valence-corrected chi connectivity index (χ0v) is 14.6. The number of ether oxygens (including phenoxy) is 1. The van der Waals surface area contributed by atoms with Crippen LogP contribution in [0.3, 0.4) is 0 Å². The molecule has 0 aliphatic carbocycles. The summed E-state index contributed by atoms with van der Waals surface area (Å²) in [6.07, 6.45) is 0.264. The van der Waals surface area contributed by atoms with E-state index in [9.17, 15) is 9.59 Å². The summed E-state index contributed by atoms with van der Waals surface area (Å²) in [4.78, 5) is 25.8. The monoisotopic (exact) mass is 383 g/mol. The van der Waals surface area contributed by atoms with Crippen molar-refractivity contribution in [1.29, 1.82) is 0 Å². The van der Waals surface area contributed by atoms with Crippen LogP contribution < -0.4 is 10.6 Å². The van der Waals surface area contributed by atoms with E-state index in [1.807, 2.05) is 24.3 Å². The van der Waals surface area contributed by atoms with Gasteiger partial charge in [-0.1, -0.05) is 28.1 Å². The molecule has 7 heteroatoms. The van der Waals surface area contributed by atoms with Gasteiger partial charge in [0.1, 0.15) is 0 Å². The van der Waals surface area contributed by atoms with E-state index < -0.39 is 0 Å². The van der Waals surface area contributed by atoms with Crippen LogP contribution in [0, 0.1) is 0 Å². The summed E-state index contributed by atoms with van der Waals surface area (Å²) in [6, 6.07) is 7.56. The first kappa shape index (κ1) is 17.9. The maximum atomic E-state index is 11.8. The molecule has 1 fully saturated rings. The lowest BCUT2D eigenvalue weighted by atomic mass is 10.1. The Kier molecular flexibility index (Phi) is 7.51. The Balaban J connectivity index is 1.59. The van der Waals surface area contributed by atoms with Crippen LogP contribution in [0.1, 0.15) is 5.56 Å². The number of nitrogens with zero attached hydrogens (tertiary/aromatic N) is 1. The average molecular weight is 384 g/mol. The second-order valence-corrected chi connectivity index (χ2v) is 6.30. The van der Waals surface area contributed by atoms with Crippen molar-refractivity contribution in [3.05, 3.63) is 34.3 Å². The van der Waals surface area contributed by atoms with Gasteiger partial charge < -0.3 is 15.4 Å². The number of carbonyl (C=O) groups is 2. The Morgan fingerprint density at radius 1 is 1.17 bits per heavy atom. The number of amides is 2. The summed E-state index contributed by atoms with van der Waals surface area (Å²) in [5.41, 5.74) is 0.907. The van der Waals surface area contributed by atoms with Crippen molar-refractivity contribution in [1.82, 2.24) is 15.5 Å². The van der Waals surface area contributed by atoms with Gasteiger partial charge in [0.15, 0.2) is 0 Å². The van der Waals surface area contributed by atoms with Crippen molar-refractivity contribution in [2.75, 3.05) is 45.9 Å². The normalized spacial score (nSPS) is 15.2. The molecular weight excluding hydrogens is 362 g/mol. The Bertz CT molecular complexity index is 533. The van der Waals surface area contributed by atoms with E-state index in [-0.39, 0.29) is 24.8 Å². The van der Waals surface area contributed by atoms with Gasteiger partial charge in [-0.05, 0) is 17.7 Å². The Labute approximate surface area is 144 Å². The molecule has 1 aromatic rings. The first-order valence-electron chi connectivity index (χ1n) is 7.71. The summed E-state index contributed by atoms with van der Waals surface area (Å²) < 4.78 is 6.20. The lowest BCUT2D eigenvalue weighted by molar-refractivity contribution is -0.125. The number of hydrogen-bond acceptors (Lipinski definition) is 4. The SMILES string of the molecule is O=C(CNC(=O)Cc1cccc(Br)c1)NCCN1CCOCC1. The zero-order chi connectivity index (χ0) is 16.5. The molecule has 6 nitrogen and oxygen atoms in total. The maximum absolute atomic E-state index is 11.8. The zero-order valence-electron chi connectivity index (χ0n) is 13.0. The minimum absolute atomic E-state index is 0.00987. The molecular formula is C16H22BrN3O3. The highest BCUT2D eigenvalue weighted by molar-refractivity contribution is 9.10. The Hall–Kier alpha value is -1.44. The molecule has 0 atom stereocenters. The molecule has 1 heterocycles. The fourth-order valence-corrected chi connectivity index (χ4v) is 2.76. The van der Waals surface area contributed by atoms with Crippen molar-refractivity contribution in [2.45, 2.75) is 6.42 Å². The van der Waals surface area contributed by atoms with Crippen molar-refractivity contribution in [3.8, 4) is 0 Å². The summed E-state index contributed by atoms with van der Waals surface area (Å²) in [5.74, 6) is -0.327. The molecule has 0 saturated carbocycles.